The maximum absolute atomic E-state index is 10.1. The molecular weight excluding hydrogens is 141 g/mol. The Kier molecular flexibility index (Phi) is 8.04. The molecule has 0 aliphatic rings. The molecular formula is C6H14NNaO2. The summed E-state index contributed by atoms with van der Waals surface area (Å²) in [5.74, 6) is -0.556. The van der Waals surface area contributed by atoms with E-state index in [1.54, 1.807) is 0 Å². The first kappa shape index (κ1) is 13.1. The van der Waals surface area contributed by atoms with Crippen molar-refractivity contribution in [3.63, 3.8) is 0 Å². The maximum Gasteiger partial charge on any atom is 1.00 e. The van der Waals surface area contributed by atoms with E-state index in [2.05, 4.69) is 0 Å². The quantitative estimate of drug-likeness (QED) is 0.445. The molecule has 0 aromatic heterocycles. The Bertz CT molecular complexity index is 111. The molecule has 10 heavy (non-hydrogen) atoms. The summed E-state index contributed by atoms with van der Waals surface area (Å²) in [5, 5.41) is 8.31. The minimum atomic E-state index is -0.913. The molecule has 0 rings (SSSR count). The maximum atomic E-state index is 10.1. The van der Waals surface area contributed by atoms with Gasteiger partial charge in [0, 0.05) is 0 Å². The molecule has 0 bridgehead atoms. The van der Waals surface area contributed by atoms with Crippen LogP contribution in [0, 0.1) is 5.92 Å². The van der Waals surface area contributed by atoms with Gasteiger partial charge in [0.15, 0.2) is 0 Å². The van der Waals surface area contributed by atoms with Crippen molar-refractivity contribution in [2.24, 2.45) is 11.7 Å². The van der Waals surface area contributed by atoms with E-state index in [9.17, 15) is 4.79 Å². The van der Waals surface area contributed by atoms with E-state index in [4.69, 9.17) is 10.8 Å². The fourth-order valence-corrected chi connectivity index (χ4v) is 0.609. The van der Waals surface area contributed by atoms with Crippen LogP contribution in [0.2, 0.25) is 0 Å². The van der Waals surface area contributed by atoms with Gasteiger partial charge in [-0.1, -0.05) is 13.8 Å². The molecule has 0 spiro atoms. The molecule has 56 valence electrons. The van der Waals surface area contributed by atoms with Crippen molar-refractivity contribution in [2.45, 2.75) is 26.3 Å². The Morgan fingerprint density at radius 3 is 2.20 bits per heavy atom. The molecule has 1 atom stereocenters. The zero-order chi connectivity index (χ0) is 7.44. The number of hydrogen-bond donors (Lipinski definition) is 2. The fourth-order valence-electron chi connectivity index (χ4n) is 0.609. The van der Waals surface area contributed by atoms with Crippen molar-refractivity contribution in [3.05, 3.63) is 0 Å². The van der Waals surface area contributed by atoms with Crippen LogP contribution >= 0.6 is 0 Å². The Balaban J connectivity index is -0.000000320. The minimum absolute atomic E-state index is 0. The molecule has 3 nitrogen and oxygen atoms in total. The van der Waals surface area contributed by atoms with Crippen LogP contribution in [0.15, 0.2) is 0 Å². The summed E-state index contributed by atoms with van der Waals surface area (Å²) < 4.78 is 0. The topological polar surface area (TPSA) is 63.3 Å². The number of aliphatic carboxylic acids is 1. The Morgan fingerprint density at radius 1 is 1.70 bits per heavy atom. The molecule has 0 radical (unpaired) electrons. The van der Waals surface area contributed by atoms with E-state index in [1.807, 2.05) is 13.8 Å². The molecule has 0 fully saturated rings. The van der Waals surface area contributed by atoms with E-state index in [1.165, 1.54) is 0 Å². The van der Waals surface area contributed by atoms with E-state index in [0.717, 1.165) is 0 Å². The van der Waals surface area contributed by atoms with Gasteiger partial charge in [-0.05, 0) is 12.3 Å². The van der Waals surface area contributed by atoms with Gasteiger partial charge in [-0.2, -0.15) is 0 Å². The third kappa shape index (κ3) is 6.55. The summed E-state index contributed by atoms with van der Waals surface area (Å²) in [6.45, 7) is 3.89. The van der Waals surface area contributed by atoms with Crippen LogP contribution in [-0.4, -0.2) is 17.1 Å². The van der Waals surface area contributed by atoms with Crippen LogP contribution in [0.1, 0.15) is 21.7 Å². The average Bonchev–Trinajstić information content (AvgIpc) is 1.63. The first-order chi connectivity index (χ1) is 4.04. The summed E-state index contributed by atoms with van der Waals surface area (Å²) in [5.41, 5.74) is 5.22. The van der Waals surface area contributed by atoms with Gasteiger partial charge in [0.1, 0.15) is 6.04 Å². The van der Waals surface area contributed by atoms with Crippen LogP contribution in [0.5, 0.6) is 0 Å². The largest absolute Gasteiger partial charge is 1.00 e. The summed E-state index contributed by atoms with van der Waals surface area (Å²) in [6.07, 6.45) is 0.551. The van der Waals surface area contributed by atoms with Gasteiger partial charge in [0.25, 0.3) is 0 Å². The number of carbonyl (C=O) groups is 1. The smallest absolute Gasteiger partial charge is 1.00 e. The van der Waals surface area contributed by atoms with Crippen LogP contribution in [0.4, 0.5) is 0 Å². The predicted molar refractivity (Wildman–Crippen MR) is 36.2 cm³/mol. The van der Waals surface area contributed by atoms with Crippen LogP contribution in [0.3, 0.4) is 0 Å². The van der Waals surface area contributed by atoms with Gasteiger partial charge in [0.2, 0.25) is 0 Å². The van der Waals surface area contributed by atoms with E-state index in [-0.39, 0.29) is 31.0 Å². The zero-order valence-electron chi connectivity index (χ0n) is 7.79. The molecule has 0 aromatic rings. The predicted octanol–water partition coefficient (Wildman–Crippen LogP) is -2.44. The second-order valence-electron chi connectivity index (χ2n) is 2.57. The van der Waals surface area contributed by atoms with Crippen molar-refractivity contribution < 1.29 is 40.9 Å². The first-order valence-electron chi connectivity index (χ1n) is 3.02. The summed E-state index contributed by atoms with van der Waals surface area (Å²) in [7, 11) is 0. The molecule has 0 saturated carbocycles. The molecule has 4 heteroatoms. The number of carboxylic acids is 1. The standard InChI is InChI=1S/C6H13NO2.Na.H/c1-4(2)3-5(7)6(8)9;;/h4-5H,3,7H2,1-2H3,(H,8,9);;/q;+1;-1. The van der Waals surface area contributed by atoms with Crippen LogP contribution in [0.25, 0.3) is 0 Å². The number of rotatable bonds is 3. The fraction of sp³-hybridized carbons (Fsp3) is 0.833. The molecule has 0 heterocycles. The van der Waals surface area contributed by atoms with Crippen molar-refractivity contribution in [2.75, 3.05) is 0 Å². The van der Waals surface area contributed by atoms with E-state index in [0.29, 0.717) is 12.3 Å². The number of carboxylic acid groups (broad SMARTS) is 1. The second-order valence-corrected chi connectivity index (χ2v) is 2.57. The van der Waals surface area contributed by atoms with Gasteiger partial charge in [0.05, 0.1) is 0 Å². The Hall–Kier alpha value is 0.430. The van der Waals surface area contributed by atoms with Crippen molar-refractivity contribution in [1.29, 1.82) is 0 Å². The second kappa shape index (κ2) is 6.16. The van der Waals surface area contributed by atoms with Gasteiger partial charge in [-0.15, -0.1) is 0 Å². The molecule has 3 N–H and O–H groups in total. The SMILES string of the molecule is CC(C)CC(N)C(=O)O.[H-].[Na+]. The summed E-state index contributed by atoms with van der Waals surface area (Å²) in [6, 6.07) is -0.690. The zero-order valence-corrected chi connectivity index (χ0v) is 8.79. The normalized spacial score (nSPS) is 12.4. The molecule has 0 aliphatic heterocycles. The van der Waals surface area contributed by atoms with Crippen molar-refractivity contribution in [1.82, 2.24) is 0 Å². The minimum Gasteiger partial charge on any atom is -1.00 e. The van der Waals surface area contributed by atoms with Gasteiger partial charge >= 0.3 is 35.5 Å². The Morgan fingerprint density at radius 2 is 2.10 bits per heavy atom. The number of nitrogens with two attached hydrogens (primary N) is 1. The van der Waals surface area contributed by atoms with E-state index >= 15 is 0 Å². The molecule has 0 aliphatic carbocycles. The van der Waals surface area contributed by atoms with E-state index < -0.39 is 12.0 Å². The summed E-state index contributed by atoms with van der Waals surface area (Å²) >= 11 is 0. The molecule has 1 unspecified atom stereocenters. The van der Waals surface area contributed by atoms with Crippen molar-refractivity contribution >= 4 is 5.97 Å². The average molecular weight is 155 g/mol. The molecule has 0 amide bonds. The van der Waals surface area contributed by atoms with Crippen LogP contribution in [-0.2, 0) is 4.79 Å². The first-order valence-corrected chi connectivity index (χ1v) is 3.02. The Labute approximate surface area is 84.8 Å². The summed E-state index contributed by atoms with van der Waals surface area (Å²) in [4.78, 5) is 10.1. The third-order valence-corrected chi connectivity index (χ3v) is 1.04. The van der Waals surface area contributed by atoms with Gasteiger partial charge < -0.3 is 12.3 Å². The third-order valence-electron chi connectivity index (χ3n) is 1.04. The van der Waals surface area contributed by atoms with Gasteiger partial charge in [-0.3, -0.25) is 4.79 Å². The van der Waals surface area contributed by atoms with Crippen molar-refractivity contribution in [3.8, 4) is 0 Å². The number of hydrogen-bond acceptors (Lipinski definition) is 2. The van der Waals surface area contributed by atoms with Crippen LogP contribution < -0.4 is 35.3 Å². The monoisotopic (exact) mass is 155 g/mol. The molecule has 0 aromatic carbocycles. The van der Waals surface area contributed by atoms with Gasteiger partial charge in [-0.25, -0.2) is 0 Å². The molecule has 0 saturated heterocycles.